The molecule has 0 aliphatic rings. The summed E-state index contributed by atoms with van der Waals surface area (Å²) in [6, 6.07) is 0. The van der Waals surface area contributed by atoms with Gasteiger partial charge < -0.3 is 4.84 Å². The summed E-state index contributed by atoms with van der Waals surface area (Å²) in [7, 11) is 7.39. The van der Waals surface area contributed by atoms with Gasteiger partial charge in [-0.15, -0.1) is 0 Å². The molecule has 0 fully saturated rings. The summed E-state index contributed by atoms with van der Waals surface area (Å²) in [5.74, 6) is 0. The Kier molecular flexibility index (Phi) is 43.8. The van der Waals surface area contributed by atoms with Gasteiger partial charge in [-0.1, -0.05) is 35.6 Å². The quantitative estimate of drug-likeness (QED) is 0.635. The smallest absolute Gasteiger partial charge is 0.0656 e. The number of hydroxylamine groups is 6. The average molecular weight is 328 g/mol. The van der Waals surface area contributed by atoms with Crippen LogP contribution in [0.4, 0.5) is 0 Å². The summed E-state index contributed by atoms with van der Waals surface area (Å²) >= 11 is 0. The Labute approximate surface area is 141 Å². The number of nitrogens with zero attached hydrogens (tertiary/aromatic N) is 3. The lowest BCUT2D eigenvalue weighted by molar-refractivity contribution is -0.130. The Morgan fingerprint density at radius 1 is 0.591 bits per heavy atom. The topological polar surface area (TPSA) is 37.4 Å². The minimum Gasteiger partial charge on any atom is -0.303 e. The molecule has 0 aromatic carbocycles. The Bertz CT molecular complexity index is 148. The Morgan fingerprint density at radius 2 is 0.864 bits per heavy atom. The fourth-order valence-corrected chi connectivity index (χ4v) is 0.752. The van der Waals surface area contributed by atoms with Crippen LogP contribution in [0.25, 0.3) is 0 Å². The molecular weight excluding hydrogens is 282 g/mol. The van der Waals surface area contributed by atoms with E-state index in [9.17, 15) is 0 Å². The monoisotopic (exact) mass is 327 g/mol. The van der Waals surface area contributed by atoms with Crippen molar-refractivity contribution >= 4 is 0 Å². The van der Waals surface area contributed by atoms with E-state index in [4.69, 9.17) is 14.5 Å². The molecule has 0 spiro atoms. The minimum absolute atomic E-state index is 0. The van der Waals surface area contributed by atoms with Gasteiger partial charge in [0.1, 0.15) is 0 Å². The molecule has 22 heavy (non-hydrogen) atoms. The molecule has 0 aliphatic carbocycles. The van der Waals surface area contributed by atoms with E-state index in [0.29, 0.717) is 0 Å². The van der Waals surface area contributed by atoms with Crippen LogP contribution in [0, 0.1) is 0 Å². The summed E-state index contributed by atoms with van der Waals surface area (Å²) in [5.41, 5.74) is 0. The lowest BCUT2D eigenvalue weighted by atomic mass is 10.8. The first-order valence-electron chi connectivity index (χ1n) is 7.36. The molecule has 6 heteroatoms. The van der Waals surface area contributed by atoms with Gasteiger partial charge in [0.05, 0.1) is 20.3 Å². The fraction of sp³-hybridized carbons (Fsp3) is 1.00. The van der Waals surface area contributed by atoms with Crippen LogP contribution in [0.3, 0.4) is 0 Å². The van der Waals surface area contributed by atoms with Crippen molar-refractivity contribution in [3.63, 3.8) is 0 Å². The normalized spacial score (nSPS) is 9.27. The van der Waals surface area contributed by atoms with Crippen LogP contribution >= 0.6 is 0 Å². The van der Waals surface area contributed by atoms with Crippen molar-refractivity contribution in [2.75, 3.05) is 61.1 Å². The maximum atomic E-state index is 5.02. The van der Waals surface area contributed by atoms with Gasteiger partial charge in [0.25, 0.3) is 0 Å². The number of rotatable bonds is 8. The third-order valence-electron chi connectivity index (χ3n) is 2.35. The maximum Gasteiger partial charge on any atom is 0.0656 e. The summed E-state index contributed by atoms with van der Waals surface area (Å²) in [6.07, 6.45) is 0. The standard InChI is InChI=1S/2C5H13NO.C4H11NO.2CH4/c2*1-4-6(3)7-5-2;1-4-5(2)6-3;;/h2*4-5H2,1-3H3;4H2,1-3H3;2*1H4. The molecule has 0 unspecified atom stereocenters. The van der Waals surface area contributed by atoms with E-state index in [1.165, 1.54) is 0 Å². The molecule has 0 saturated heterocycles. The van der Waals surface area contributed by atoms with E-state index >= 15 is 0 Å². The van der Waals surface area contributed by atoms with Crippen LogP contribution in [0.2, 0.25) is 0 Å². The second-order valence-corrected chi connectivity index (χ2v) is 3.85. The Hall–Kier alpha value is -0.240. The van der Waals surface area contributed by atoms with Gasteiger partial charge in [-0.25, -0.2) is 0 Å². The van der Waals surface area contributed by atoms with Crippen molar-refractivity contribution in [1.29, 1.82) is 0 Å². The van der Waals surface area contributed by atoms with Crippen molar-refractivity contribution in [2.45, 2.75) is 49.5 Å². The Morgan fingerprint density at radius 3 is 0.909 bits per heavy atom. The van der Waals surface area contributed by atoms with E-state index in [1.54, 1.807) is 22.3 Å². The van der Waals surface area contributed by atoms with E-state index < -0.39 is 0 Å². The van der Waals surface area contributed by atoms with Crippen LogP contribution < -0.4 is 0 Å². The molecular formula is C16H45N3O3. The summed E-state index contributed by atoms with van der Waals surface area (Å²) in [6.45, 7) is 14.5. The molecule has 6 nitrogen and oxygen atoms in total. The highest BCUT2D eigenvalue weighted by Crippen LogP contribution is 1.80. The van der Waals surface area contributed by atoms with Gasteiger partial charge in [0.15, 0.2) is 0 Å². The molecule has 0 radical (unpaired) electrons. The molecule has 0 aromatic heterocycles. The van der Waals surface area contributed by atoms with Crippen LogP contribution in [0.15, 0.2) is 0 Å². The Balaban J connectivity index is -0.0000000630. The van der Waals surface area contributed by atoms with Gasteiger partial charge in [0, 0.05) is 40.8 Å². The molecule has 0 bridgehead atoms. The highest BCUT2D eigenvalue weighted by atomic mass is 16.7. The molecule has 0 atom stereocenters. The lowest BCUT2D eigenvalue weighted by Gasteiger charge is -2.10. The van der Waals surface area contributed by atoms with Gasteiger partial charge >= 0.3 is 0 Å². The number of hydrogen-bond donors (Lipinski definition) is 0. The first-order valence-corrected chi connectivity index (χ1v) is 7.36. The first-order chi connectivity index (χ1) is 9.42. The SMILES string of the molecule is C.C.CCN(C)OC.CCON(C)CC.CCON(C)CC. The van der Waals surface area contributed by atoms with E-state index in [1.807, 2.05) is 41.9 Å². The van der Waals surface area contributed by atoms with Crippen molar-refractivity contribution in [1.82, 2.24) is 15.2 Å². The molecule has 0 amide bonds. The zero-order valence-corrected chi connectivity index (χ0v) is 15.1. The van der Waals surface area contributed by atoms with Crippen LogP contribution in [0.1, 0.15) is 49.5 Å². The second-order valence-electron chi connectivity index (χ2n) is 3.85. The molecule has 0 heterocycles. The maximum absolute atomic E-state index is 5.02. The zero-order chi connectivity index (χ0) is 16.4. The summed E-state index contributed by atoms with van der Waals surface area (Å²) < 4.78 is 0. The van der Waals surface area contributed by atoms with Crippen molar-refractivity contribution < 1.29 is 14.5 Å². The average Bonchev–Trinajstić information content (AvgIpc) is 2.48. The molecule has 0 aromatic rings. The van der Waals surface area contributed by atoms with Gasteiger partial charge in [-0.2, -0.15) is 15.2 Å². The highest BCUT2D eigenvalue weighted by molar-refractivity contribution is 4.21. The predicted molar refractivity (Wildman–Crippen MR) is 98.6 cm³/mol. The van der Waals surface area contributed by atoms with Crippen molar-refractivity contribution in [2.24, 2.45) is 0 Å². The van der Waals surface area contributed by atoms with Gasteiger partial charge in [0.2, 0.25) is 0 Å². The molecule has 142 valence electrons. The number of hydrogen-bond acceptors (Lipinski definition) is 6. The van der Waals surface area contributed by atoms with E-state index in [2.05, 4.69) is 13.8 Å². The third-order valence-corrected chi connectivity index (χ3v) is 2.35. The van der Waals surface area contributed by atoms with Crippen molar-refractivity contribution in [3.05, 3.63) is 0 Å². The van der Waals surface area contributed by atoms with E-state index in [0.717, 1.165) is 32.8 Å². The van der Waals surface area contributed by atoms with Crippen LogP contribution in [-0.2, 0) is 14.5 Å². The predicted octanol–water partition coefficient (Wildman–Crippen LogP) is 3.55. The third kappa shape index (κ3) is 36.7. The molecule has 0 saturated carbocycles. The van der Waals surface area contributed by atoms with E-state index in [-0.39, 0.29) is 14.9 Å². The fourth-order valence-electron chi connectivity index (χ4n) is 0.752. The first kappa shape index (κ1) is 33.4. The molecule has 0 aliphatic heterocycles. The van der Waals surface area contributed by atoms with Crippen molar-refractivity contribution in [3.8, 4) is 0 Å². The minimum atomic E-state index is 0. The molecule has 0 N–H and O–H groups in total. The zero-order valence-electron chi connectivity index (χ0n) is 15.1. The van der Waals surface area contributed by atoms with Gasteiger partial charge in [-0.05, 0) is 13.8 Å². The van der Waals surface area contributed by atoms with Crippen LogP contribution in [0.5, 0.6) is 0 Å². The lowest BCUT2D eigenvalue weighted by Crippen LogP contribution is -2.17. The van der Waals surface area contributed by atoms with Crippen LogP contribution in [-0.4, -0.2) is 76.3 Å². The molecule has 0 rings (SSSR count). The second kappa shape index (κ2) is 28.9. The van der Waals surface area contributed by atoms with Gasteiger partial charge in [-0.3, -0.25) is 9.68 Å². The largest absolute Gasteiger partial charge is 0.303 e. The summed E-state index contributed by atoms with van der Waals surface area (Å²) in [5, 5.41) is 5.36. The highest BCUT2D eigenvalue weighted by Gasteiger charge is 1.86. The summed E-state index contributed by atoms with van der Waals surface area (Å²) in [4.78, 5) is 14.8.